The smallest absolute Gasteiger partial charge is 0.179 e. The third-order valence-corrected chi connectivity index (χ3v) is 2.35. The van der Waals surface area contributed by atoms with Gasteiger partial charge >= 0.3 is 0 Å². The zero-order valence-electron chi connectivity index (χ0n) is 10.2. The van der Waals surface area contributed by atoms with Gasteiger partial charge in [0.1, 0.15) is 11.6 Å². The first kappa shape index (κ1) is 13.6. The number of methoxy groups -OCH3 is 2. The molecule has 0 amide bonds. The fourth-order valence-electron chi connectivity index (χ4n) is 1.54. The topological polar surface area (TPSA) is 47.6 Å². The molecular formula is C12H16FNO3. The van der Waals surface area contributed by atoms with Gasteiger partial charge in [-0.15, -0.1) is 0 Å². The number of hydrogen-bond acceptors (Lipinski definition) is 4. The summed E-state index contributed by atoms with van der Waals surface area (Å²) in [5, 5.41) is 2.69. The summed E-state index contributed by atoms with van der Waals surface area (Å²) < 4.78 is 24.0. The highest BCUT2D eigenvalue weighted by molar-refractivity contribution is 5.98. The van der Waals surface area contributed by atoms with Gasteiger partial charge < -0.3 is 14.8 Å². The monoisotopic (exact) mass is 241 g/mol. The number of Topliss-reactive ketones (excluding diaryl/α,β-unsaturated/α-hetero) is 1. The van der Waals surface area contributed by atoms with Gasteiger partial charge in [-0.3, -0.25) is 4.79 Å². The molecule has 5 heteroatoms. The van der Waals surface area contributed by atoms with Crippen molar-refractivity contribution >= 4 is 5.78 Å². The summed E-state index contributed by atoms with van der Waals surface area (Å²) in [5.74, 6) is -0.498. The Morgan fingerprint density at radius 3 is 2.65 bits per heavy atom. The van der Waals surface area contributed by atoms with Crippen LogP contribution in [0.5, 0.6) is 5.75 Å². The summed E-state index contributed by atoms with van der Waals surface area (Å²) in [7, 11) is 4.54. The molecule has 0 aliphatic rings. The number of ketones is 1. The van der Waals surface area contributed by atoms with Crippen LogP contribution in [0.25, 0.3) is 0 Å². The predicted octanol–water partition coefficient (Wildman–Crippen LogP) is 1.38. The summed E-state index contributed by atoms with van der Waals surface area (Å²) in [5.41, 5.74) is 0.309. The standard InChI is InChI=1S/C12H16FNO3/c1-14-6-10(15)8-4-5-11(17-3)9(7-16-2)12(8)13/h4-5,14H,6-7H2,1-3H3. The molecule has 94 valence electrons. The minimum atomic E-state index is -0.577. The van der Waals surface area contributed by atoms with Crippen molar-refractivity contribution in [1.82, 2.24) is 5.32 Å². The fraction of sp³-hybridized carbons (Fsp3) is 0.417. The molecule has 0 fully saturated rings. The minimum absolute atomic E-state index is 0.0483. The van der Waals surface area contributed by atoms with Gasteiger partial charge in [-0.2, -0.15) is 0 Å². The molecule has 0 aliphatic carbocycles. The first-order valence-electron chi connectivity index (χ1n) is 5.17. The molecule has 0 atom stereocenters. The molecule has 0 heterocycles. The molecule has 0 aliphatic heterocycles. The molecular weight excluding hydrogens is 225 g/mol. The summed E-state index contributed by atoms with van der Waals surface area (Å²) in [4.78, 5) is 11.6. The molecule has 1 aromatic carbocycles. The lowest BCUT2D eigenvalue weighted by molar-refractivity contribution is 0.0988. The van der Waals surface area contributed by atoms with Crippen molar-refractivity contribution in [3.63, 3.8) is 0 Å². The summed E-state index contributed by atoms with van der Waals surface area (Å²) >= 11 is 0. The molecule has 17 heavy (non-hydrogen) atoms. The number of ether oxygens (including phenoxy) is 2. The minimum Gasteiger partial charge on any atom is -0.496 e. The van der Waals surface area contributed by atoms with Gasteiger partial charge in [0.2, 0.25) is 0 Å². The van der Waals surface area contributed by atoms with E-state index in [-0.39, 0.29) is 30.1 Å². The van der Waals surface area contributed by atoms with Crippen LogP contribution in [0.3, 0.4) is 0 Å². The number of carbonyl (C=O) groups excluding carboxylic acids is 1. The van der Waals surface area contributed by atoms with E-state index in [4.69, 9.17) is 9.47 Å². The van der Waals surface area contributed by atoms with E-state index in [1.165, 1.54) is 20.3 Å². The van der Waals surface area contributed by atoms with Crippen molar-refractivity contribution in [2.75, 3.05) is 27.8 Å². The van der Waals surface area contributed by atoms with E-state index in [2.05, 4.69) is 5.32 Å². The summed E-state index contributed by atoms with van der Waals surface area (Å²) in [6, 6.07) is 2.99. The van der Waals surface area contributed by atoms with E-state index in [0.29, 0.717) is 5.75 Å². The second-order valence-electron chi connectivity index (χ2n) is 3.49. The van der Waals surface area contributed by atoms with Gasteiger partial charge in [-0.05, 0) is 19.2 Å². The molecule has 0 spiro atoms. The van der Waals surface area contributed by atoms with Gasteiger partial charge in [0, 0.05) is 7.11 Å². The number of carbonyl (C=O) groups is 1. The first-order valence-corrected chi connectivity index (χ1v) is 5.17. The molecule has 0 radical (unpaired) electrons. The maximum atomic E-state index is 14.1. The number of halogens is 1. The Hall–Kier alpha value is -1.46. The highest BCUT2D eigenvalue weighted by Gasteiger charge is 2.18. The molecule has 0 aromatic heterocycles. The lowest BCUT2D eigenvalue weighted by Gasteiger charge is -2.11. The van der Waals surface area contributed by atoms with Gasteiger partial charge in [0.05, 0.1) is 31.4 Å². The van der Waals surface area contributed by atoms with Crippen LogP contribution in [0.4, 0.5) is 4.39 Å². The predicted molar refractivity (Wildman–Crippen MR) is 61.9 cm³/mol. The van der Waals surface area contributed by atoms with Crippen LogP contribution in [0.15, 0.2) is 12.1 Å². The van der Waals surface area contributed by atoms with E-state index in [1.54, 1.807) is 13.1 Å². The maximum Gasteiger partial charge on any atom is 0.179 e. The van der Waals surface area contributed by atoms with Gasteiger partial charge in [0.25, 0.3) is 0 Å². The highest BCUT2D eigenvalue weighted by Crippen LogP contribution is 2.25. The molecule has 0 unspecified atom stereocenters. The zero-order chi connectivity index (χ0) is 12.8. The van der Waals surface area contributed by atoms with E-state index < -0.39 is 5.82 Å². The van der Waals surface area contributed by atoms with Crippen LogP contribution in [0, 0.1) is 5.82 Å². The van der Waals surface area contributed by atoms with Crippen molar-refractivity contribution in [1.29, 1.82) is 0 Å². The molecule has 1 rings (SSSR count). The molecule has 4 nitrogen and oxygen atoms in total. The number of rotatable bonds is 6. The highest BCUT2D eigenvalue weighted by atomic mass is 19.1. The zero-order valence-corrected chi connectivity index (χ0v) is 10.2. The van der Waals surface area contributed by atoms with Gasteiger partial charge in [-0.25, -0.2) is 4.39 Å². The third kappa shape index (κ3) is 3.01. The molecule has 0 bridgehead atoms. The maximum absolute atomic E-state index is 14.1. The van der Waals surface area contributed by atoms with E-state index in [0.717, 1.165) is 0 Å². The number of likely N-dealkylation sites (N-methyl/N-ethyl adjacent to an activating group) is 1. The number of hydrogen-bond donors (Lipinski definition) is 1. The fourth-order valence-corrected chi connectivity index (χ4v) is 1.54. The molecule has 1 aromatic rings. The van der Waals surface area contributed by atoms with Crippen molar-refractivity contribution in [2.24, 2.45) is 0 Å². The van der Waals surface area contributed by atoms with E-state index >= 15 is 0 Å². The Morgan fingerprint density at radius 2 is 2.12 bits per heavy atom. The Morgan fingerprint density at radius 1 is 1.41 bits per heavy atom. The molecule has 0 saturated heterocycles. The lowest BCUT2D eigenvalue weighted by Crippen LogP contribution is -2.20. The van der Waals surface area contributed by atoms with Crippen molar-refractivity contribution in [2.45, 2.75) is 6.61 Å². The van der Waals surface area contributed by atoms with Crippen molar-refractivity contribution < 1.29 is 18.7 Å². The normalized spacial score (nSPS) is 10.4. The average molecular weight is 241 g/mol. The summed E-state index contributed by atoms with van der Waals surface area (Å²) in [6.07, 6.45) is 0. The Bertz CT molecular complexity index is 407. The van der Waals surface area contributed by atoms with Crippen LogP contribution in [0.1, 0.15) is 15.9 Å². The van der Waals surface area contributed by atoms with Crippen molar-refractivity contribution in [3.8, 4) is 5.75 Å². The van der Waals surface area contributed by atoms with Crippen LogP contribution in [-0.2, 0) is 11.3 Å². The third-order valence-electron chi connectivity index (χ3n) is 2.35. The number of nitrogens with one attached hydrogen (secondary N) is 1. The van der Waals surface area contributed by atoms with E-state index in [1.807, 2.05) is 0 Å². The first-order chi connectivity index (χ1) is 8.15. The van der Waals surface area contributed by atoms with Gasteiger partial charge in [-0.1, -0.05) is 0 Å². The quantitative estimate of drug-likeness (QED) is 0.764. The second-order valence-corrected chi connectivity index (χ2v) is 3.49. The Labute approximate surface area is 99.7 Å². The summed E-state index contributed by atoms with van der Waals surface area (Å²) in [6.45, 7) is 0.158. The molecule has 1 N–H and O–H groups in total. The van der Waals surface area contributed by atoms with Crippen molar-refractivity contribution in [3.05, 3.63) is 29.1 Å². The number of benzene rings is 1. The molecule has 0 saturated carbocycles. The van der Waals surface area contributed by atoms with Crippen LogP contribution < -0.4 is 10.1 Å². The SMILES string of the molecule is CNCC(=O)c1ccc(OC)c(COC)c1F. The van der Waals surface area contributed by atoms with E-state index in [9.17, 15) is 9.18 Å². The van der Waals surface area contributed by atoms with Crippen LogP contribution in [-0.4, -0.2) is 33.6 Å². The largest absolute Gasteiger partial charge is 0.496 e. The lowest BCUT2D eigenvalue weighted by atomic mass is 10.1. The van der Waals surface area contributed by atoms with Crippen LogP contribution in [0.2, 0.25) is 0 Å². The second kappa shape index (κ2) is 6.32. The van der Waals surface area contributed by atoms with Gasteiger partial charge in [0.15, 0.2) is 5.78 Å². The Kier molecular flexibility index (Phi) is 5.06. The Balaban J connectivity index is 3.17. The average Bonchev–Trinajstić information content (AvgIpc) is 2.32. The van der Waals surface area contributed by atoms with Crippen LogP contribution >= 0.6 is 0 Å².